The molecule has 0 bridgehead atoms. The number of alkyl carbamates (subject to hydrolysis) is 1. The summed E-state index contributed by atoms with van der Waals surface area (Å²) in [4.78, 5) is 36.7. The molecule has 3 aromatic rings. The summed E-state index contributed by atoms with van der Waals surface area (Å²) in [6, 6.07) is 9.33. The summed E-state index contributed by atoms with van der Waals surface area (Å²) in [6.07, 6.45) is 3.90. The number of rotatable bonds is 14. The maximum Gasteiger partial charge on any atom is 0.407 e. The largest absolute Gasteiger partial charge is 0.485 e. The first-order valence-electron chi connectivity index (χ1n) is 18.8. The van der Waals surface area contributed by atoms with Crippen LogP contribution in [0.15, 0.2) is 36.5 Å². The van der Waals surface area contributed by atoms with Crippen LogP contribution in [0.25, 0.3) is 0 Å². The van der Waals surface area contributed by atoms with Gasteiger partial charge in [0, 0.05) is 43.2 Å². The van der Waals surface area contributed by atoms with Crippen molar-refractivity contribution in [3.63, 3.8) is 0 Å². The zero-order valence-corrected chi connectivity index (χ0v) is 38.1. The van der Waals surface area contributed by atoms with Crippen molar-refractivity contribution in [1.29, 1.82) is 0 Å². The second-order valence-electron chi connectivity index (χ2n) is 17.1. The smallest absolute Gasteiger partial charge is 0.407 e. The van der Waals surface area contributed by atoms with Gasteiger partial charge in [0.2, 0.25) is 5.91 Å². The van der Waals surface area contributed by atoms with Crippen LogP contribution in [-0.2, 0) is 26.9 Å². The van der Waals surface area contributed by atoms with E-state index in [-0.39, 0.29) is 35.7 Å². The minimum Gasteiger partial charge on any atom is -0.485 e. The van der Waals surface area contributed by atoms with E-state index in [4.69, 9.17) is 65.3 Å². The van der Waals surface area contributed by atoms with Gasteiger partial charge in [0.05, 0.1) is 38.7 Å². The summed E-state index contributed by atoms with van der Waals surface area (Å²) < 4.78 is 18.5. The maximum atomic E-state index is 14.3. The number of halogens is 4. The molecule has 1 aliphatic heterocycles. The monoisotopic (exact) mass is 870 g/mol. The second-order valence-corrected chi connectivity index (χ2v) is 24.6. The van der Waals surface area contributed by atoms with E-state index in [2.05, 4.69) is 44.1 Å². The van der Waals surface area contributed by atoms with Crippen molar-refractivity contribution < 1.29 is 23.5 Å². The first-order chi connectivity index (χ1) is 25.6. The minimum absolute atomic E-state index is 0.0695. The van der Waals surface area contributed by atoms with E-state index in [1.807, 2.05) is 42.3 Å². The van der Waals surface area contributed by atoms with E-state index in [1.165, 1.54) is 11.3 Å². The summed E-state index contributed by atoms with van der Waals surface area (Å²) >= 11 is 27.9. The quantitative estimate of drug-likeness (QED) is 0.161. The zero-order valence-electron chi connectivity index (χ0n) is 33.2. The molecule has 9 nitrogen and oxygen atoms in total. The van der Waals surface area contributed by atoms with Crippen molar-refractivity contribution in [1.82, 2.24) is 15.2 Å². The van der Waals surface area contributed by atoms with Gasteiger partial charge < -0.3 is 29.0 Å². The highest BCUT2D eigenvalue weighted by atomic mass is 35.5. The van der Waals surface area contributed by atoms with Crippen LogP contribution in [0, 0.1) is 5.92 Å². The third-order valence-electron chi connectivity index (χ3n) is 10.3. The summed E-state index contributed by atoms with van der Waals surface area (Å²) in [5.41, 5.74) is 1.03. The highest BCUT2D eigenvalue weighted by Gasteiger charge is 2.39. The molecule has 1 N–H and O–H groups in total. The van der Waals surface area contributed by atoms with Crippen molar-refractivity contribution in [2.45, 2.75) is 123 Å². The first-order valence-corrected chi connectivity index (χ1v) is 24.1. The number of amides is 2. The van der Waals surface area contributed by atoms with Crippen LogP contribution in [0.3, 0.4) is 0 Å². The lowest BCUT2D eigenvalue weighted by Crippen LogP contribution is -2.44. The Balaban J connectivity index is 1.26. The molecule has 0 unspecified atom stereocenters. The van der Waals surface area contributed by atoms with Crippen LogP contribution in [-0.4, -0.2) is 67.6 Å². The first kappa shape index (κ1) is 43.9. The standard InChI is InChI=1S/C40H54Cl4N4O5SSi/c1-24(53-55(8,9)40(5,6)7)26-18-32(42)35(33(43)19-26)51-29-15-16-47(23-29)37-45-21-30(54-37)17-27(20-46-38(50)52-39(2,3)4)36(49)48(28-13-14-28)22-25-11-10-12-31(41)34(25)44/h10-12,18-19,21,24,27-29H,13-17,20,22-23H2,1-9H3,(H,46,50)/t24-,27-,29-/m1/s1. The molecule has 1 aromatic heterocycles. The summed E-state index contributed by atoms with van der Waals surface area (Å²) in [5, 5.41) is 5.54. The number of benzene rings is 2. The maximum absolute atomic E-state index is 14.3. The summed E-state index contributed by atoms with van der Waals surface area (Å²) in [6.45, 7) is 20.3. The number of carbonyl (C=O) groups excluding carboxylic acids is 2. The van der Waals surface area contributed by atoms with Crippen LogP contribution in [0.4, 0.5) is 9.93 Å². The van der Waals surface area contributed by atoms with E-state index >= 15 is 0 Å². The molecule has 15 heteroatoms. The third kappa shape index (κ3) is 11.7. The van der Waals surface area contributed by atoms with Crippen LogP contribution < -0.4 is 15.0 Å². The Morgan fingerprint density at radius 3 is 2.33 bits per heavy atom. The van der Waals surface area contributed by atoms with E-state index in [1.54, 1.807) is 26.8 Å². The number of hydrogen-bond acceptors (Lipinski definition) is 8. The van der Waals surface area contributed by atoms with E-state index < -0.39 is 25.9 Å². The lowest BCUT2D eigenvalue weighted by molar-refractivity contribution is -0.136. The highest BCUT2D eigenvalue weighted by molar-refractivity contribution is 7.15. The highest BCUT2D eigenvalue weighted by Crippen LogP contribution is 2.43. The van der Waals surface area contributed by atoms with Crippen molar-refractivity contribution in [3.8, 4) is 5.75 Å². The van der Waals surface area contributed by atoms with Gasteiger partial charge >= 0.3 is 6.09 Å². The van der Waals surface area contributed by atoms with Gasteiger partial charge in [-0.1, -0.05) is 79.3 Å². The molecule has 0 radical (unpaired) electrons. The van der Waals surface area contributed by atoms with Gasteiger partial charge in [-0.2, -0.15) is 0 Å². The van der Waals surface area contributed by atoms with Gasteiger partial charge in [-0.3, -0.25) is 4.79 Å². The number of nitrogens with one attached hydrogen (secondary N) is 1. The molecular weight excluding hydrogens is 818 g/mol. The lowest BCUT2D eigenvalue weighted by Gasteiger charge is -2.38. The Morgan fingerprint density at radius 1 is 1.04 bits per heavy atom. The Kier molecular flexibility index (Phi) is 14.1. The molecule has 55 heavy (non-hydrogen) atoms. The fraction of sp³-hybridized carbons (Fsp3) is 0.575. The van der Waals surface area contributed by atoms with Crippen LogP contribution >= 0.6 is 57.7 Å². The van der Waals surface area contributed by atoms with Gasteiger partial charge in [-0.05, 0) is 94.4 Å². The molecule has 2 aromatic carbocycles. The number of nitrogens with zero attached hydrogens (tertiary/aromatic N) is 3. The van der Waals surface area contributed by atoms with Gasteiger partial charge in [0.15, 0.2) is 19.2 Å². The van der Waals surface area contributed by atoms with Gasteiger partial charge in [0.1, 0.15) is 11.7 Å². The normalized spacial score (nSPS) is 17.5. The van der Waals surface area contributed by atoms with Crippen LogP contribution in [0.1, 0.15) is 89.8 Å². The van der Waals surface area contributed by atoms with Gasteiger partial charge in [-0.15, -0.1) is 11.3 Å². The SMILES string of the molecule is C[C@@H](O[Si](C)(C)C(C)(C)C)c1cc(Cl)c(O[C@@H]2CCN(c3ncc(C[C@H](CNC(=O)OC(C)(C)C)C(=O)N(Cc4cccc(Cl)c4Cl)C4CC4)s3)C2)c(Cl)c1. The molecule has 1 aliphatic carbocycles. The van der Waals surface area contributed by atoms with E-state index in [9.17, 15) is 9.59 Å². The molecule has 2 aliphatic rings. The summed E-state index contributed by atoms with van der Waals surface area (Å²) in [5.74, 6) is -0.160. The van der Waals surface area contributed by atoms with E-state index in [0.29, 0.717) is 45.4 Å². The van der Waals surface area contributed by atoms with E-state index in [0.717, 1.165) is 46.9 Å². The number of carbonyl (C=O) groups is 2. The Hall–Kier alpha value is -2.25. The number of anilines is 1. The zero-order chi connectivity index (χ0) is 40.5. The van der Waals surface area contributed by atoms with Gasteiger partial charge in [-0.25, -0.2) is 9.78 Å². The van der Waals surface area contributed by atoms with Crippen molar-refractivity contribution in [3.05, 3.63) is 72.6 Å². The topological polar surface area (TPSA) is 93.2 Å². The van der Waals surface area contributed by atoms with Crippen LogP contribution in [0.5, 0.6) is 5.75 Å². The number of ether oxygens (including phenoxy) is 2. The molecule has 1 saturated carbocycles. The molecule has 2 fully saturated rings. The molecule has 2 heterocycles. The molecule has 3 atom stereocenters. The van der Waals surface area contributed by atoms with Crippen LogP contribution in [0.2, 0.25) is 38.2 Å². The van der Waals surface area contributed by atoms with Crippen molar-refractivity contribution >= 4 is 83.2 Å². The fourth-order valence-electron chi connectivity index (χ4n) is 6.19. The average molecular weight is 873 g/mol. The predicted octanol–water partition coefficient (Wildman–Crippen LogP) is 11.4. The molecule has 0 spiro atoms. The number of aromatic nitrogens is 1. The number of thiazole rings is 1. The number of hydrogen-bond donors (Lipinski definition) is 1. The molecule has 2 amide bonds. The lowest BCUT2D eigenvalue weighted by atomic mass is 10.0. The van der Waals surface area contributed by atoms with Gasteiger partial charge in [0.25, 0.3) is 0 Å². The Bertz CT molecular complexity index is 1820. The Labute approximate surface area is 351 Å². The minimum atomic E-state index is -2.00. The molecular formula is C40H54Cl4N4O5SSi. The van der Waals surface area contributed by atoms with Crippen molar-refractivity contribution in [2.75, 3.05) is 24.5 Å². The molecule has 1 saturated heterocycles. The molecule has 302 valence electrons. The fourth-order valence-corrected chi connectivity index (χ4v) is 9.56. The average Bonchev–Trinajstić information content (AvgIpc) is 3.62. The predicted molar refractivity (Wildman–Crippen MR) is 228 cm³/mol. The molecule has 5 rings (SSSR count). The third-order valence-corrected chi connectivity index (χ3v) is 17.4. The Morgan fingerprint density at radius 2 is 1.71 bits per heavy atom. The second kappa shape index (κ2) is 17.7. The van der Waals surface area contributed by atoms with Crippen molar-refractivity contribution in [2.24, 2.45) is 5.92 Å². The summed E-state index contributed by atoms with van der Waals surface area (Å²) in [7, 11) is -2.00.